The van der Waals surface area contributed by atoms with Gasteiger partial charge < -0.3 is 4.90 Å². The molecule has 1 aliphatic heterocycles. The van der Waals surface area contributed by atoms with Crippen LogP contribution in [0.3, 0.4) is 0 Å². The van der Waals surface area contributed by atoms with E-state index in [0.717, 1.165) is 48.4 Å². The van der Waals surface area contributed by atoms with Crippen molar-refractivity contribution in [2.75, 3.05) is 13.1 Å². The van der Waals surface area contributed by atoms with E-state index in [-0.39, 0.29) is 5.91 Å². The SMILES string of the molecule is Cc1nc2ccc(C(=O)N3CCCC3)cc2nc1C. The lowest BCUT2D eigenvalue weighted by atomic mass is 10.1. The molecule has 0 bridgehead atoms. The van der Waals surface area contributed by atoms with E-state index in [0.29, 0.717) is 5.56 Å². The van der Waals surface area contributed by atoms with E-state index in [1.165, 1.54) is 0 Å². The summed E-state index contributed by atoms with van der Waals surface area (Å²) in [4.78, 5) is 23.2. The average molecular weight is 255 g/mol. The maximum atomic E-state index is 12.3. The number of carbonyl (C=O) groups is 1. The second kappa shape index (κ2) is 4.61. The number of rotatable bonds is 1. The maximum absolute atomic E-state index is 12.3. The van der Waals surface area contributed by atoms with Crippen LogP contribution in [-0.2, 0) is 0 Å². The third-order valence-electron chi connectivity index (χ3n) is 3.72. The minimum absolute atomic E-state index is 0.111. The highest BCUT2D eigenvalue weighted by Gasteiger charge is 2.19. The Kier molecular flexibility index (Phi) is 2.93. The van der Waals surface area contributed by atoms with E-state index in [1.54, 1.807) is 0 Å². The lowest BCUT2D eigenvalue weighted by molar-refractivity contribution is 0.0793. The summed E-state index contributed by atoms with van der Waals surface area (Å²) >= 11 is 0. The van der Waals surface area contributed by atoms with Crippen molar-refractivity contribution in [2.45, 2.75) is 26.7 Å². The first kappa shape index (κ1) is 12.1. The van der Waals surface area contributed by atoms with Gasteiger partial charge in [-0.25, -0.2) is 9.97 Å². The van der Waals surface area contributed by atoms with Gasteiger partial charge in [-0.2, -0.15) is 0 Å². The van der Waals surface area contributed by atoms with E-state index in [9.17, 15) is 4.79 Å². The van der Waals surface area contributed by atoms with Crippen LogP contribution in [0.25, 0.3) is 11.0 Å². The first-order chi connectivity index (χ1) is 9.15. The average Bonchev–Trinajstić information content (AvgIpc) is 2.93. The fourth-order valence-electron chi connectivity index (χ4n) is 2.47. The van der Waals surface area contributed by atoms with Gasteiger partial charge in [0.1, 0.15) is 0 Å². The number of carbonyl (C=O) groups excluding carboxylic acids is 1. The summed E-state index contributed by atoms with van der Waals surface area (Å²) in [6.45, 7) is 5.63. The van der Waals surface area contributed by atoms with E-state index < -0.39 is 0 Å². The molecule has 0 spiro atoms. The van der Waals surface area contributed by atoms with Gasteiger partial charge in [-0.1, -0.05) is 0 Å². The minimum Gasteiger partial charge on any atom is -0.339 e. The van der Waals surface area contributed by atoms with Gasteiger partial charge in [0, 0.05) is 18.7 Å². The van der Waals surface area contributed by atoms with E-state index in [4.69, 9.17) is 0 Å². The lowest BCUT2D eigenvalue weighted by Gasteiger charge is -2.15. The fraction of sp³-hybridized carbons (Fsp3) is 0.400. The topological polar surface area (TPSA) is 46.1 Å². The van der Waals surface area contributed by atoms with Crippen molar-refractivity contribution in [3.63, 3.8) is 0 Å². The first-order valence-corrected chi connectivity index (χ1v) is 6.69. The molecule has 1 fully saturated rings. The van der Waals surface area contributed by atoms with E-state index in [1.807, 2.05) is 36.9 Å². The van der Waals surface area contributed by atoms with Crippen LogP contribution in [-0.4, -0.2) is 33.9 Å². The maximum Gasteiger partial charge on any atom is 0.253 e. The predicted molar refractivity (Wildman–Crippen MR) is 74.1 cm³/mol. The number of hydrogen-bond acceptors (Lipinski definition) is 3. The van der Waals surface area contributed by atoms with Gasteiger partial charge >= 0.3 is 0 Å². The zero-order valence-corrected chi connectivity index (χ0v) is 11.3. The second-order valence-corrected chi connectivity index (χ2v) is 5.10. The molecular weight excluding hydrogens is 238 g/mol. The van der Waals surface area contributed by atoms with Gasteiger partial charge in [0.15, 0.2) is 0 Å². The molecule has 0 N–H and O–H groups in total. The molecule has 1 saturated heterocycles. The largest absolute Gasteiger partial charge is 0.339 e. The Morgan fingerprint density at radius 3 is 2.37 bits per heavy atom. The Morgan fingerprint density at radius 2 is 1.68 bits per heavy atom. The van der Waals surface area contributed by atoms with Gasteiger partial charge in [0.25, 0.3) is 5.91 Å². The van der Waals surface area contributed by atoms with Crippen LogP contribution in [0.15, 0.2) is 18.2 Å². The normalized spacial score (nSPS) is 15.2. The molecule has 4 nitrogen and oxygen atoms in total. The van der Waals surface area contributed by atoms with Crippen molar-refractivity contribution < 1.29 is 4.79 Å². The fourth-order valence-corrected chi connectivity index (χ4v) is 2.47. The molecule has 0 atom stereocenters. The molecule has 0 aliphatic carbocycles. The van der Waals surface area contributed by atoms with Crippen molar-refractivity contribution in [3.8, 4) is 0 Å². The van der Waals surface area contributed by atoms with Crippen molar-refractivity contribution in [2.24, 2.45) is 0 Å². The number of aryl methyl sites for hydroxylation is 2. The molecule has 4 heteroatoms. The Hall–Kier alpha value is -1.97. The number of aromatic nitrogens is 2. The van der Waals surface area contributed by atoms with Crippen molar-refractivity contribution >= 4 is 16.9 Å². The molecule has 0 radical (unpaired) electrons. The Bertz CT molecular complexity index is 645. The van der Waals surface area contributed by atoms with Crippen LogP contribution in [0.4, 0.5) is 0 Å². The predicted octanol–water partition coefficient (Wildman–Crippen LogP) is 2.48. The molecule has 1 amide bonds. The van der Waals surface area contributed by atoms with Crippen LogP contribution in [0.2, 0.25) is 0 Å². The summed E-state index contributed by atoms with van der Waals surface area (Å²) in [5.41, 5.74) is 4.21. The summed E-state index contributed by atoms with van der Waals surface area (Å²) in [6, 6.07) is 5.60. The summed E-state index contributed by atoms with van der Waals surface area (Å²) in [7, 11) is 0. The number of benzene rings is 1. The van der Waals surface area contributed by atoms with Gasteiger partial charge in [-0.05, 0) is 44.9 Å². The molecule has 0 saturated carbocycles. The molecule has 1 aliphatic rings. The van der Waals surface area contributed by atoms with Gasteiger partial charge in [-0.15, -0.1) is 0 Å². The third kappa shape index (κ3) is 2.18. The van der Waals surface area contributed by atoms with Crippen molar-refractivity contribution in [1.29, 1.82) is 0 Å². The molecule has 19 heavy (non-hydrogen) atoms. The summed E-state index contributed by atoms with van der Waals surface area (Å²) in [5, 5.41) is 0. The van der Waals surface area contributed by atoms with Gasteiger partial charge in [0.2, 0.25) is 0 Å². The lowest BCUT2D eigenvalue weighted by Crippen LogP contribution is -2.27. The zero-order chi connectivity index (χ0) is 13.4. The third-order valence-corrected chi connectivity index (χ3v) is 3.72. The van der Waals surface area contributed by atoms with E-state index >= 15 is 0 Å². The van der Waals surface area contributed by atoms with Crippen LogP contribution >= 0.6 is 0 Å². The number of amides is 1. The highest BCUT2D eigenvalue weighted by molar-refractivity contribution is 5.97. The van der Waals surface area contributed by atoms with Gasteiger partial charge in [0.05, 0.1) is 22.4 Å². The first-order valence-electron chi connectivity index (χ1n) is 6.69. The van der Waals surface area contributed by atoms with Crippen LogP contribution < -0.4 is 0 Å². The Morgan fingerprint density at radius 1 is 1.05 bits per heavy atom. The Balaban J connectivity index is 2.01. The Labute approximate surface area is 112 Å². The van der Waals surface area contributed by atoms with E-state index in [2.05, 4.69) is 9.97 Å². The molecule has 98 valence electrons. The minimum atomic E-state index is 0.111. The zero-order valence-electron chi connectivity index (χ0n) is 11.3. The van der Waals surface area contributed by atoms with Crippen LogP contribution in [0, 0.1) is 13.8 Å². The van der Waals surface area contributed by atoms with Gasteiger partial charge in [-0.3, -0.25) is 4.79 Å². The smallest absolute Gasteiger partial charge is 0.253 e. The highest BCUT2D eigenvalue weighted by Crippen LogP contribution is 2.17. The number of nitrogens with zero attached hydrogens (tertiary/aromatic N) is 3. The summed E-state index contributed by atoms with van der Waals surface area (Å²) in [5.74, 6) is 0.111. The highest BCUT2D eigenvalue weighted by atomic mass is 16.2. The molecule has 2 heterocycles. The molecule has 0 unspecified atom stereocenters. The molecule has 1 aromatic carbocycles. The molecular formula is C15H17N3O. The summed E-state index contributed by atoms with van der Waals surface area (Å²) in [6.07, 6.45) is 2.22. The van der Waals surface area contributed by atoms with Crippen LogP contribution in [0.1, 0.15) is 34.6 Å². The summed E-state index contributed by atoms with van der Waals surface area (Å²) < 4.78 is 0. The molecule has 2 aromatic rings. The molecule has 1 aromatic heterocycles. The molecule has 3 rings (SSSR count). The van der Waals surface area contributed by atoms with Crippen LogP contribution in [0.5, 0.6) is 0 Å². The van der Waals surface area contributed by atoms with Crippen molar-refractivity contribution in [3.05, 3.63) is 35.2 Å². The quantitative estimate of drug-likeness (QED) is 0.786. The number of likely N-dealkylation sites (tertiary alicyclic amines) is 1. The standard InChI is InChI=1S/C15H17N3O/c1-10-11(2)17-14-9-12(5-6-13(14)16-10)15(19)18-7-3-4-8-18/h5-6,9H,3-4,7-8H2,1-2H3. The van der Waals surface area contributed by atoms with Crippen molar-refractivity contribution in [1.82, 2.24) is 14.9 Å². The monoisotopic (exact) mass is 255 g/mol. The number of fused-ring (bicyclic) bond motifs is 1. The number of hydrogen-bond donors (Lipinski definition) is 0. The second-order valence-electron chi connectivity index (χ2n) is 5.10.